The van der Waals surface area contributed by atoms with Gasteiger partial charge in [0.15, 0.2) is 5.78 Å². The highest BCUT2D eigenvalue weighted by Crippen LogP contribution is 2.33. The second-order valence-corrected chi connectivity index (χ2v) is 8.19. The topological polar surface area (TPSA) is 65.0 Å². The summed E-state index contributed by atoms with van der Waals surface area (Å²) >= 11 is 0. The summed E-state index contributed by atoms with van der Waals surface area (Å²) in [6.07, 6.45) is 3.31. The Labute approximate surface area is 169 Å². The van der Waals surface area contributed by atoms with E-state index in [4.69, 9.17) is 4.99 Å². The lowest BCUT2D eigenvalue weighted by Crippen LogP contribution is -2.48. The number of carbonyl (C=O) groups excluding carboxylic acids is 2. The van der Waals surface area contributed by atoms with Gasteiger partial charge in [0.1, 0.15) is 5.84 Å². The van der Waals surface area contributed by atoms with E-state index in [1.165, 1.54) is 6.08 Å². The Morgan fingerprint density at radius 1 is 1.10 bits per heavy atom. The van der Waals surface area contributed by atoms with E-state index in [0.717, 1.165) is 48.0 Å². The first-order valence-corrected chi connectivity index (χ1v) is 10.2. The van der Waals surface area contributed by atoms with E-state index in [1.54, 1.807) is 0 Å². The first-order chi connectivity index (χ1) is 14.1. The molecule has 6 heteroatoms. The fourth-order valence-electron chi connectivity index (χ4n) is 4.38. The molecular weight excluding hydrogens is 364 g/mol. The monoisotopic (exact) mass is 388 g/mol. The molecule has 0 bridgehead atoms. The number of amidine groups is 1. The maximum Gasteiger partial charge on any atom is 0.255 e. The first kappa shape index (κ1) is 18.1. The van der Waals surface area contributed by atoms with Gasteiger partial charge >= 0.3 is 0 Å². The summed E-state index contributed by atoms with van der Waals surface area (Å²) in [4.78, 5) is 34.3. The first-order valence-electron chi connectivity index (χ1n) is 10.2. The van der Waals surface area contributed by atoms with Crippen LogP contribution in [-0.2, 0) is 16.1 Å². The van der Waals surface area contributed by atoms with Crippen LogP contribution in [0.15, 0.2) is 53.0 Å². The van der Waals surface area contributed by atoms with Crippen LogP contribution in [0.3, 0.4) is 0 Å². The highest BCUT2D eigenvalue weighted by Gasteiger charge is 2.33. The fraction of sp³-hybridized carbons (Fsp3) is 0.348. The molecule has 0 radical (unpaired) electrons. The molecule has 3 aliphatic heterocycles. The number of aliphatic imine (C=N–C) groups is 1. The van der Waals surface area contributed by atoms with Gasteiger partial charge < -0.3 is 15.1 Å². The molecule has 0 atom stereocenters. The van der Waals surface area contributed by atoms with Crippen LogP contribution in [0.1, 0.15) is 18.4 Å². The van der Waals surface area contributed by atoms with Gasteiger partial charge in [-0.15, -0.1) is 0 Å². The quantitative estimate of drug-likeness (QED) is 0.858. The summed E-state index contributed by atoms with van der Waals surface area (Å²) in [5, 5.41) is 5.40. The van der Waals surface area contributed by atoms with Gasteiger partial charge in [0.2, 0.25) is 0 Å². The van der Waals surface area contributed by atoms with Crippen molar-refractivity contribution in [1.82, 2.24) is 15.1 Å². The van der Waals surface area contributed by atoms with Crippen LogP contribution < -0.4 is 5.32 Å². The van der Waals surface area contributed by atoms with Crippen molar-refractivity contribution in [2.45, 2.75) is 25.4 Å². The van der Waals surface area contributed by atoms with Crippen LogP contribution in [0, 0.1) is 0 Å². The van der Waals surface area contributed by atoms with Crippen molar-refractivity contribution in [3.05, 3.63) is 53.6 Å². The average molecular weight is 388 g/mol. The molecule has 1 fully saturated rings. The Morgan fingerprint density at radius 3 is 2.59 bits per heavy atom. The molecule has 1 saturated heterocycles. The van der Waals surface area contributed by atoms with E-state index in [1.807, 2.05) is 17.0 Å². The molecule has 3 aliphatic rings. The van der Waals surface area contributed by atoms with E-state index in [0.29, 0.717) is 18.0 Å². The predicted octanol–water partition coefficient (Wildman–Crippen LogP) is 2.40. The van der Waals surface area contributed by atoms with Gasteiger partial charge in [-0.2, -0.15) is 0 Å². The lowest BCUT2D eigenvalue weighted by Gasteiger charge is -2.34. The molecule has 0 aliphatic carbocycles. The van der Waals surface area contributed by atoms with E-state index in [2.05, 4.69) is 41.5 Å². The van der Waals surface area contributed by atoms with Gasteiger partial charge in [-0.05, 0) is 67.5 Å². The smallest absolute Gasteiger partial charge is 0.255 e. The molecular formula is C23H24N4O2. The van der Waals surface area contributed by atoms with Crippen molar-refractivity contribution < 1.29 is 9.59 Å². The number of ketones is 1. The lowest BCUT2D eigenvalue weighted by molar-refractivity contribution is -0.119. The maximum atomic E-state index is 13.0. The molecule has 0 aromatic heterocycles. The Bertz CT molecular complexity index is 1060. The second-order valence-electron chi connectivity index (χ2n) is 8.19. The molecule has 3 heterocycles. The van der Waals surface area contributed by atoms with Gasteiger partial charge in [0, 0.05) is 12.6 Å². The van der Waals surface area contributed by atoms with Gasteiger partial charge in [0.05, 0.1) is 17.8 Å². The zero-order chi connectivity index (χ0) is 20.0. The van der Waals surface area contributed by atoms with Crippen molar-refractivity contribution in [2.75, 3.05) is 26.7 Å². The third-order valence-electron chi connectivity index (χ3n) is 6.03. The van der Waals surface area contributed by atoms with Gasteiger partial charge in [0.25, 0.3) is 5.91 Å². The summed E-state index contributed by atoms with van der Waals surface area (Å²) < 4.78 is 0. The summed E-state index contributed by atoms with van der Waals surface area (Å²) in [5.74, 6) is 0.361. The summed E-state index contributed by atoms with van der Waals surface area (Å²) in [6, 6.07) is 12.5. The van der Waals surface area contributed by atoms with Crippen LogP contribution in [0.2, 0.25) is 0 Å². The standard InChI is InChI=1S/C23H24N4O2/c1-26-8-6-18(7-9-26)24-23(29)20-12-19(28)14-27-13-17-10-15-4-2-3-5-16(15)11-21(17)25-22(20)27/h2-5,10-12,18H,6-9,13-14H2,1H3,(H,24,29). The number of hydrogen-bond donors (Lipinski definition) is 1. The molecule has 29 heavy (non-hydrogen) atoms. The lowest BCUT2D eigenvalue weighted by atomic mass is 9.98. The Kier molecular flexibility index (Phi) is 4.43. The van der Waals surface area contributed by atoms with Gasteiger partial charge in [-0.25, -0.2) is 4.99 Å². The van der Waals surface area contributed by atoms with Crippen LogP contribution >= 0.6 is 0 Å². The van der Waals surface area contributed by atoms with Crippen LogP contribution in [0.25, 0.3) is 10.8 Å². The number of nitrogens with one attached hydrogen (secondary N) is 1. The Balaban J connectivity index is 1.47. The minimum absolute atomic E-state index is 0.0540. The maximum absolute atomic E-state index is 13.0. The minimum atomic E-state index is -0.194. The molecule has 1 N–H and O–H groups in total. The highest BCUT2D eigenvalue weighted by atomic mass is 16.2. The number of carbonyl (C=O) groups is 2. The zero-order valence-corrected chi connectivity index (χ0v) is 16.5. The van der Waals surface area contributed by atoms with Crippen LogP contribution in [-0.4, -0.2) is 60.0 Å². The van der Waals surface area contributed by atoms with Crippen LogP contribution in [0.4, 0.5) is 5.69 Å². The SMILES string of the molecule is CN1CCC(NC(=O)C2=CC(=O)CN3Cc4cc5ccccc5cc4N=C23)CC1. The molecule has 0 saturated carbocycles. The molecule has 6 nitrogen and oxygen atoms in total. The summed E-state index contributed by atoms with van der Waals surface area (Å²) in [7, 11) is 2.09. The number of fused-ring (bicyclic) bond motifs is 3. The largest absolute Gasteiger partial charge is 0.349 e. The number of rotatable bonds is 2. The third-order valence-corrected chi connectivity index (χ3v) is 6.03. The molecule has 1 amide bonds. The van der Waals surface area contributed by atoms with E-state index >= 15 is 0 Å². The third kappa shape index (κ3) is 3.44. The Morgan fingerprint density at radius 2 is 1.83 bits per heavy atom. The number of likely N-dealkylation sites (tertiary alicyclic amines) is 1. The van der Waals surface area contributed by atoms with Crippen molar-refractivity contribution >= 4 is 34.0 Å². The minimum Gasteiger partial charge on any atom is -0.349 e. The molecule has 0 spiro atoms. The number of hydrogen-bond acceptors (Lipinski definition) is 5. The number of piperidine rings is 1. The normalized spacial score (nSPS) is 20.0. The molecule has 2 aromatic rings. The number of nitrogens with zero attached hydrogens (tertiary/aromatic N) is 3. The fourth-order valence-corrected chi connectivity index (χ4v) is 4.38. The predicted molar refractivity (Wildman–Crippen MR) is 113 cm³/mol. The second kappa shape index (κ2) is 7.12. The van der Waals surface area contributed by atoms with Crippen LogP contribution in [0.5, 0.6) is 0 Å². The molecule has 5 rings (SSSR count). The molecule has 148 valence electrons. The summed E-state index contributed by atoms with van der Waals surface area (Å²) in [6.45, 7) is 2.78. The van der Waals surface area contributed by atoms with Crippen molar-refractivity contribution in [3.8, 4) is 0 Å². The van der Waals surface area contributed by atoms with Gasteiger partial charge in [-0.1, -0.05) is 24.3 Å². The van der Waals surface area contributed by atoms with Crippen molar-refractivity contribution in [1.29, 1.82) is 0 Å². The Hall–Kier alpha value is -2.99. The van der Waals surface area contributed by atoms with Gasteiger partial charge in [-0.3, -0.25) is 9.59 Å². The van der Waals surface area contributed by atoms with E-state index in [-0.39, 0.29) is 24.3 Å². The average Bonchev–Trinajstić information content (AvgIpc) is 2.72. The summed E-state index contributed by atoms with van der Waals surface area (Å²) in [5.41, 5.74) is 2.35. The highest BCUT2D eigenvalue weighted by molar-refractivity contribution is 6.27. The van der Waals surface area contributed by atoms with E-state index < -0.39 is 0 Å². The van der Waals surface area contributed by atoms with E-state index in [9.17, 15) is 9.59 Å². The van der Waals surface area contributed by atoms with Crippen molar-refractivity contribution in [2.24, 2.45) is 4.99 Å². The zero-order valence-electron chi connectivity index (χ0n) is 16.5. The number of amides is 1. The molecule has 2 aromatic carbocycles. The molecule has 0 unspecified atom stereocenters. The number of benzene rings is 2. The van der Waals surface area contributed by atoms with Crippen molar-refractivity contribution in [3.63, 3.8) is 0 Å².